The average Bonchev–Trinajstić information content (AvgIpc) is 2.55. The molecule has 0 saturated heterocycles. The first-order valence-corrected chi connectivity index (χ1v) is 5.49. The fourth-order valence-corrected chi connectivity index (χ4v) is 1.79. The zero-order chi connectivity index (χ0) is 13.4. The predicted molar refractivity (Wildman–Crippen MR) is 58.0 cm³/mol. The van der Waals surface area contributed by atoms with E-state index >= 15 is 0 Å². The van der Waals surface area contributed by atoms with Gasteiger partial charge in [0.1, 0.15) is 0 Å². The highest BCUT2D eigenvalue weighted by Gasteiger charge is 2.37. The Hall–Kier alpha value is -1.82. The molecule has 18 heavy (non-hydrogen) atoms. The van der Waals surface area contributed by atoms with Gasteiger partial charge >= 0.3 is 0 Å². The van der Waals surface area contributed by atoms with Gasteiger partial charge in [0.2, 0.25) is 0 Å². The second-order valence-electron chi connectivity index (χ2n) is 4.09. The molecule has 1 aromatic rings. The van der Waals surface area contributed by atoms with E-state index in [9.17, 15) is 23.5 Å². The van der Waals surface area contributed by atoms with Gasteiger partial charge < -0.3 is 5.11 Å². The van der Waals surface area contributed by atoms with Crippen LogP contribution in [0, 0.1) is 11.6 Å². The summed E-state index contributed by atoms with van der Waals surface area (Å²) in [6.45, 7) is 1.52. The maximum Gasteiger partial charge on any atom is 0.261 e. The Morgan fingerprint density at radius 2 is 1.61 bits per heavy atom. The van der Waals surface area contributed by atoms with Gasteiger partial charge in [0.05, 0.1) is 23.8 Å². The Morgan fingerprint density at radius 1 is 1.17 bits per heavy atom. The molecule has 96 valence electrons. The lowest BCUT2D eigenvalue weighted by molar-refractivity contribution is 0.0539. The number of aliphatic hydroxyl groups excluding tert-OH is 1. The number of β-amino-alcohol motifs (C(OH)–C–C–N with tert-alkyl or cyclic N) is 1. The molecule has 6 heteroatoms. The van der Waals surface area contributed by atoms with Crippen LogP contribution in [-0.4, -0.2) is 34.5 Å². The van der Waals surface area contributed by atoms with Crippen LogP contribution in [0.1, 0.15) is 34.1 Å². The number of nitrogens with zero attached hydrogens (tertiary/aromatic N) is 1. The van der Waals surface area contributed by atoms with Crippen molar-refractivity contribution in [2.75, 3.05) is 6.54 Å². The van der Waals surface area contributed by atoms with E-state index in [0.29, 0.717) is 18.6 Å². The highest BCUT2D eigenvalue weighted by atomic mass is 19.2. The van der Waals surface area contributed by atoms with Crippen molar-refractivity contribution in [3.63, 3.8) is 0 Å². The molecule has 0 saturated carbocycles. The molecule has 1 unspecified atom stereocenters. The molecule has 0 aliphatic carbocycles. The fourth-order valence-electron chi connectivity index (χ4n) is 1.79. The number of imide groups is 1. The monoisotopic (exact) mass is 255 g/mol. The van der Waals surface area contributed by atoms with Gasteiger partial charge in [-0.15, -0.1) is 0 Å². The third-order valence-electron chi connectivity index (χ3n) is 2.88. The second-order valence-corrected chi connectivity index (χ2v) is 4.09. The number of fused-ring (bicyclic) bond motifs is 1. The average molecular weight is 255 g/mol. The van der Waals surface area contributed by atoms with Gasteiger partial charge in [0.25, 0.3) is 11.8 Å². The molecule has 0 bridgehead atoms. The number of carbonyl (C=O) groups excluding carboxylic acids is 2. The minimum absolute atomic E-state index is 0.165. The summed E-state index contributed by atoms with van der Waals surface area (Å²) in [6, 6.07) is 1.42. The first-order chi connectivity index (χ1) is 8.45. The number of hydrogen-bond acceptors (Lipinski definition) is 3. The van der Waals surface area contributed by atoms with Gasteiger partial charge in [-0.05, 0) is 18.6 Å². The number of rotatable bonds is 3. The van der Waals surface area contributed by atoms with Gasteiger partial charge in [0.15, 0.2) is 11.6 Å². The fraction of sp³-hybridized carbons (Fsp3) is 0.333. The Morgan fingerprint density at radius 3 is 2.00 bits per heavy atom. The first kappa shape index (κ1) is 12.6. The molecule has 1 aliphatic heterocycles. The first-order valence-electron chi connectivity index (χ1n) is 5.49. The highest BCUT2D eigenvalue weighted by molar-refractivity contribution is 6.21. The molecule has 1 aromatic carbocycles. The van der Waals surface area contributed by atoms with Crippen molar-refractivity contribution in [2.45, 2.75) is 19.4 Å². The third-order valence-corrected chi connectivity index (χ3v) is 2.88. The molecule has 0 spiro atoms. The van der Waals surface area contributed by atoms with Crippen molar-refractivity contribution >= 4 is 11.8 Å². The molecule has 4 nitrogen and oxygen atoms in total. The van der Waals surface area contributed by atoms with Crippen LogP contribution in [0.2, 0.25) is 0 Å². The van der Waals surface area contributed by atoms with Crippen molar-refractivity contribution in [1.82, 2.24) is 4.90 Å². The number of benzene rings is 1. The molecular formula is C12H11F2NO3. The summed E-state index contributed by atoms with van der Waals surface area (Å²) in [4.78, 5) is 24.5. The maximum atomic E-state index is 13.0. The largest absolute Gasteiger partial charge is 0.391 e. The smallest absolute Gasteiger partial charge is 0.261 e. The van der Waals surface area contributed by atoms with Gasteiger partial charge in [-0.2, -0.15) is 0 Å². The zero-order valence-electron chi connectivity index (χ0n) is 9.61. The molecule has 2 rings (SSSR count). The van der Waals surface area contributed by atoms with Crippen LogP contribution in [0.4, 0.5) is 8.78 Å². The second kappa shape index (κ2) is 4.45. The highest BCUT2D eigenvalue weighted by Crippen LogP contribution is 2.25. The minimum Gasteiger partial charge on any atom is -0.391 e. The number of amides is 2. The Balaban J connectivity index is 2.38. The van der Waals surface area contributed by atoms with Crippen LogP contribution in [0.25, 0.3) is 0 Å². The van der Waals surface area contributed by atoms with Gasteiger partial charge in [-0.1, -0.05) is 6.92 Å². The van der Waals surface area contributed by atoms with E-state index in [-0.39, 0.29) is 17.7 Å². The zero-order valence-corrected chi connectivity index (χ0v) is 9.61. The summed E-state index contributed by atoms with van der Waals surface area (Å²) in [7, 11) is 0. The van der Waals surface area contributed by atoms with E-state index < -0.39 is 29.6 Å². The molecule has 1 heterocycles. The number of aliphatic hydroxyl groups is 1. The lowest BCUT2D eigenvalue weighted by Gasteiger charge is -2.16. The maximum absolute atomic E-state index is 13.0. The number of carbonyl (C=O) groups is 2. The van der Waals surface area contributed by atoms with E-state index in [1.54, 1.807) is 6.92 Å². The molecule has 1 N–H and O–H groups in total. The molecular weight excluding hydrogens is 244 g/mol. The molecule has 1 atom stereocenters. The van der Waals surface area contributed by atoms with Crippen LogP contribution >= 0.6 is 0 Å². The normalized spacial score (nSPS) is 16.1. The molecule has 0 fully saturated rings. The molecule has 0 aromatic heterocycles. The summed E-state index contributed by atoms with van der Waals surface area (Å²) in [5.74, 6) is -3.76. The van der Waals surface area contributed by atoms with Gasteiger partial charge in [-0.25, -0.2) is 8.78 Å². The molecule has 1 aliphatic rings. The van der Waals surface area contributed by atoms with E-state index in [1.807, 2.05) is 0 Å². The Labute approximate surface area is 102 Å². The summed E-state index contributed by atoms with van der Waals surface area (Å²) < 4.78 is 26.0. The quantitative estimate of drug-likeness (QED) is 0.829. The standard InChI is InChI=1S/C12H11F2NO3/c1-2-6(16)5-15-11(17)7-3-9(13)10(14)4-8(7)12(15)18/h3-4,6,16H,2,5H2,1H3. The summed E-state index contributed by atoms with van der Waals surface area (Å²) in [5, 5.41) is 9.45. The van der Waals surface area contributed by atoms with Crippen molar-refractivity contribution in [1.29, 1.82) is 0 Å². The van der Waals surface area contributed by atoms with Crippen LogP contribution < -0.4 is 0 Å². The lowest BCUT2D eigenvalue weighted by atomic mass is 10.1. The summed E-state index contributed by atoms with van der Waals surface area (Å²) in [6.07, 6.45) is -0.474. The Kier molecular flexibility index (Phi) is 3.13. The van der Waals surface area contributed by atoms with Gasteiger partial charge in [0, 0.05) is 0 Å². The van der Waals surface area contributed by atoms with E-state index in [0.717, 1.165) is 4.90 Å². The van der Waals surface area contributed by atoms with Crippen LogP contribution in [0.3, 0.4) is 0 Å². The topological polar surface area (TPSA) is 57.6 Å². The minimum atomic E-state index is -1.17. The van der Waals surface area contributed by atoms with Crippen LogP contribution in [0.5, 0.6) is 0 Å². The SMILES string of the molecule is CCC(O)CN1C(=O)c2cc(F)c(F)cc2C1=O. The van der Waals surface area contributed by atoms with Gasteiger partial charge in [-0.3, -0.25) is 14.5 Å². The third kappa shape index (κ3) is 1.88. The predicted octanol–water partition coefficient (Wildman–Crippen LogP) is 1.33. The lowest BCUT2D eigenvalue weighted by Crippen LogP contribution is -2.36. The Bertz CT molecular complexity index is 489. The summed E-state index contributed by atoms with van der Waals surface area (Å²) in [5.41, 5.74) is -0.329. The van der Waals surface area contributed by atoms with Crippen molar-refractivity contribution < 1.29 is 23.5 Å². The van der Waals surface area contributed by atoms with E-state index in [1.165, 1.54) is 0 Å². The summed E-state index contributed by atoms with van der Waals surface area (Å²) >= 11 is 0. The van der Waals surface area contributed by atoms with E-state index in [2.05, 4.69) is 0 Å². The van der Waals surface area contributed by atoms with Crippen LogP contribution in [0.15, 0.2) is 12.1 Å². The van der Waals surface area contributed by atoms with Crippen LogP contribution in [-0.2, 0) is 0 Å². The van der Waals surface area contributed by atoms with Crippen molar-refractivity contribution in [3.8, 4) is 0 Å². The van der Waals surface area contributed by atoms with Crippen molar-refractivity contribution in [3.05, 3.63) is 34.9 Å². The molecule has 2 amide bonds. The molecule has 0 radical (unpaired) electrons. The van der Waals surface area contributed by atoms with E-state index in [4.69, 9.17) is 0 Å². The van der Waals surface area contributed by atoms with Crippen molar-refractivity contribution in [2.24, 2.45) is 0 Å². The number of hydrogen-bond donors (Lipinski definition) is 1. The number of halogens is 2.